The smallest absolute Gasteiger partial charge is 0.355 e. The molecule has 0 radical (unpaired) electrons. The minimum atomic E-state index is -0.270. The fourth-order valence-corrected chi connectivity index (χ4v) is 6.09. The summed E-state index contributed by atoms with van der Waals surface area (Å²) in [4.78, 5) is 13.6. The van der Waals surface area contributed by atoms with E-state index in [2.05, 4.69) is 58.1 Å². The van der Waals surface area contributed by atoms with Gasteiger partial charge in [-0.1, -0.05) is 61.5 Å². The van der Waals surface area contributed by atoms with Crippen LogP contribution in [0.5, 0.6) is 5.75 Å². The predicted octanol–water partition coefficient (Wildman–Crippen LogP) is 7.25. The van der Waals surface area contributed by atoms with Gasteiger partial charge in [0.2, 0.25) is 0 Å². The zero-order chi connectivity index (χ0) is 28.2. The van der Waals surface area contributed by atoms with Crippen molar-refractivity contribution in [3.8, 4) is 16.9 Å². The monoisotopic (exact) mass is 551 g/mol. The summed E-state index contributed by atoms with van der Waals surface area (Å²) < 4.78 is 20.1. The van der Waals surface area contributed by atoms with Gasteiger partial charge in [-0.05, 0) is 56.0 Å². The van der Waals surface area contributed by atoms with Crippen molar-refractivity contribution >= 4 is 27.6 Å². The zero-order valence-electron chi connectivity index (χ0n) is 23.9. The molecule has 6 rings (SSSR count). The van der Waals surface area contributed by atoms with Crippen molar-refractivity contribution in [2.45, 2.75) is 59.1 Å². The predicted molar refractivity (Wildman–Crippen MR) is 162 cm³/mol. The van der Waals surface area contributed by atoms with Crippen LogP contribution in [0.15, 0.2) is 60.7 Å². The molecule has 0 fully saturated rings. The van der Waals surface area contributed by atoms with Gasteiger partial charge < -0.3 is 18.8 Å². The average Bonchev–Trinajstić information content (AvgIpc) is 3.54. The Labute approximate surface area is 240 Å². The molecular formula is C34H37N3O4. The fourth-order valence-electron chi connectivity index (χ4n) is 6.09. The van der Waals surface area contributed by atoms with E-state index in [0.29, 0.717) is 45.1 Å². The third kappa shape index (κ3) is 5.22. The molecule has 3 aromatic carbocycles. The molecule has 1 N–H and O–H groups in total. The number of H-pyrrole nitrogens is 1. The van der Waals surface area contributed by atoms with Gasteiger partial charge >= 0.3 is 5.97 Å². The Morgan fingerprint density at radius 3 is 2.73 bits per heavy atom. The SMILES string of the molecule is CCOC(=O)c1c(CCCOc2cccc3ccccc23)c2cccc3c2n1CCCCOCc1n[nH]c(CC)c1-3. The number of aromatic nitrogens is 3. The van der Waals surface area contributed by atoms with E-state index in [1.165, 1.54) is 0 Å². The molecule has 41 heavy (non-hydrogen) atoms. The number of hydrogen-bond acceptors (Lipinski definition) is 5. The lowest BCUT2D eigenvalue weighted by atomic mass is 9.97. The molecular weight excluding hydrogens is 514 g/mol. The van der Waals surface area contributed by atoms with Gasteiger partial charge in [-0.25, -0.2) is 4.79 Å². The highest BCUT2D eigenvalue weighted by Gasteiger charge is 2.27. The molecule has 7 heteroatoms. The molecule has 0 saturated heterocycles. The van der Waals surface area contributed by atoms with Crippen molar-refractivity contribution in [1.29, 1.82) is 0 Å². The Morgan fingerprint density at radius 1 is 1.02 bits per heavy atom. The van der Waals surface area contributed by atoms with Crippen molar-refractivity contribution in [3.05, 3.63) is 83.3 Å². The molecule has 0 spiro atoms. The topological polar surface area (TPSA) is 78.4 Å². The van der Waals surface area contributed by atoms with Crippen molar-refractivity contribution in [2.75, 3.05) is 19.8 Å². The number of fused-ring (bicyclic) bond motifs is 3. The van der Waals surface area contributed by atoms with E-state index in [-0.39, 0.29) is 5.97 Å². The van der Waals surface area contributed by atoms with Crippen molar-refractivity contribution in [2.24, 2.45) is 0 Å². The fraction of sp³-hybridized carbons (Fsp3) is 0.353. The standard InChI is InChI=1S/C34H37N3O4/c1-3-28-31-27-16-10-15-25-26(17-11-21-41-30-18-9-13-23-12-5-6-14-24(23)30)33(34(38)40-4-2)37(32(25)27)19-7-8-20-39-22-29(31)36-35-28/h5-6,9-10,12-16,18H,3-4,7-8,11,17,19-22H2,1-2H3,(H,35,36). The number of aromatic amines is 1. The molecule has 212 valence electrons. The van der Waals surface area contributed by atoms with Crippen LogP contribution >= 0.6 is 0 Å². The number of hydrogen-bond donors (Lipinski definition) is 1. The Morgan fingerprint density at radius 2 is 1.85 bits per heavy atom. The van der Waals surface area contributed by atoms with E-state index in [1.807, 2.05) is 31.2 Å². The molecule has 0 atom stereocenters. The Balaban J connectivity index is 1.41. The summed E-state index contributed by atoms with van der Waals surface area (Å²) in [6, 6.07) is 20.8. The average molecular weight is 552 g/mol. The second-order valence-electron chi connectivity index (χ2n) is 10.5. The number of carbonyl (C=O) groups excluding carboxylic acids is 1. The van der Waals surface area contributed by atoms with Crippen LogP contribution in [0.1, 0.15) is 60.5 Å². The van der Waals surface area contributed by atoms with E-state index in [0.717, 1.165) is 81.2 Å². The number of esters is 1. The number of ether oxygens (including phenoxy) is 3. The third-order valence-corrected chi connectivity index (χ3v) is 7.93. The number of para-hydroxylation sites is 1. The Hall–Kier alpha value is -4.10. The molecule has 1 aliphatic heterocycles. The molecule has 0 amide bonds. The quantitative estimate of drug-likeness (QED) is 0.162. The van der Waals surface area contributed by atoms with Crippen LogP contribution in [-0.2, 0) is 35.5 Å². The van der Waals surface area contributed by atoms with Gasteiger partial charge in [0, 0.05) is 40.7 Å². The zero-order valence-corrected chi connectivity index (χ0v) is 23.9. The lowest BCUT2D eigenvalue weighted by Gasteiger charge is -2.13. The van der Waals surface area contributed by atoms with Crippen molar-refractivity contribution in [1.82, 2.24) is 14.8 Å². The van der Waals surface area contributed by atoms with Crippen LogP contribution < -0.4 is 4.74 Å². The molecule has 5 aromatic rings. The van der Waals surface area contributed by atoms with Gasteiger partial charge in [0.05, 0.1) is 31.0 Å². The minimum Gasteiger partial charge on any atom is -0.493 e. The van der Waals surface area contributed by atoms with Crippen LogP contribution in [0, 0.1) is 0 Å². The normalized spacial score (nSPS) is 13.6. The van der Waals surface area contributed by atoms with Crippen molar-refractivity contribution in [3.63, 3.8) is 0 Å². The summed E-state index contributed by atoms with van der Waals surface area (Å²) in [7, 11) is 0. The van der Waals surface area contributed by atoms with E-state index in [4.69, 9.17) is 14.2 Å². The number of carbonyl (C=O) groups is 1. The van der Waals surface area contributed by atoms with Gasteiger partial charge in [0.1, 0.15) is 11.4 Å². The first kappa shape index (κ1) is 27.1. The van der Waals surface area contributed by atoms with E-state index >= 15 is 0 Å². The van der Waals surface area contributed by atoms with Gasteiger partial charge in [0.15, 0.2) is 0 Å². The minimum absolute atomic E-state index is 0.270. The molecule has 0 aliphatic carbocycles. The van der Waals surface area contributed by atoms with E-state index in [1.54, 1.807) is 0 Å². The summed E-state index contributed by atoms with van der Waals surface area (Å²) in [5.41, 5.74) is 6.90. The maximum absolute atomic E-state index is 13.6. The number of nitrogens with one attached hydrogen (secondary N) is 1. The summed E-state index contributed by atoms with van der Waals surface area (Å²) in [6.45, 7) is 6.70. The van der Waals surface area contributed by atoms with Crippen LogP contribution in [0.3, 0.4) is 0 Å². The highest BCUT2D eigenvalue weighted by atomic mass is 16.5. The van der Waals surface area contributed by atoms with Gasteiger partial charge in [0.25, 0.3) is 0 Å². The van der Waals surface area contributed by atoms with Crippen molar-refractivity contribution < 1.29 is 19.0 Å². The molecule has 7 nitrogen and oxygen atoms in total. The summed E-state index contributed by atoms with van der Waals surface area (Å²) in [6.07, 6.45) is 4.09. The molecule has 0 unspecified atom stereocenters. The van der Waals surface area contributed by atoms with Crippen LogP contribution in [0.2, 0.25) is 0 Å². The molecule has 0 bridgehead atoms. The van der Waals surface area contributed by atoms with Gasteiger partial charge in [-0.15, -0.1) is 0 Å². The first-order valence-corrected chi connectivity index (χ1v) is 14.8. The third-order valence-electron chi connectivity index (χ3n) is 7.93. The number of rotatable bonds is 8. The van der Waals surface area contributed by atoms with E-state index in [9.17, 15) is 4.79 Å². The highest BCUT2D eigenvalue weighted by Crippen LogP contribution is 2.39. The lowest BCUT2D eigenvalue weighted by molar-refractivity contribution is 0.0512. The molecule has 0 saturated carbocycles. The van der Waals surface area contributed by atoms with Crippen LogP contribution in [0.4, 0.5) is 0 Å². The molecule has 3 heterocycles. The first-order valence-electron chi connectivity index (χ1n) is 14.8. The molecule has 2 aromatic heterocycles. The Bertz CT molecular complexity index is 1680. The second kappa shape index (κ2) is 12.2. The maximum atomic E-state index is 13.6. The number of aryl methyl sites for hydroxylation is 3. The summed E-state index contributed by atoms with van der Waals surface area (Å²) in [5.74, 6) is 0.614. The van der Waals surface area contributed by atoms with Crippen LogP contribution in [-0.4, -0.2) is 40.6 Å². The van der Waals surface area contributed by atoms with Gasteiger partial charge in [-0.3, -0.25) is 5.10 Å². The Kier molecular flexibility index (Phi) is 8.05. The van der Waals surface area contributed by atoms with Gasteiger partial charge in [-0.2, -0.15) is 5.10 Å². The second-order valence-corrected chi connectivity index (χ2v) is 10.5. The summed E-state index contributed by atoms with van der Waals surface area (Å²) in [5, 5.41) is 11.2. The first-order chi connectivity index (χ1) is 20.2. The maximum Gasteiger partial charge on any atom is 0.355 e. The highest BCUT2D eigenvalue weighted by molar-refractivity contribution is 6.05. The van der Waals surface area contributed by atoms with Crippen LogP contribution in [0.25, 0.3) is 32.8 Å². The summed E-state index contributed by atoms with van der Waals surface area (Å²) >= 11 is 0. The lowest BCUT2D eigenvalue weighted by Crippen LogP contribution is -2.15. The molecule has 1 aliphatic rings. The van der Waals surface area contributed by atoms with E-state index < -0.39 is 0 Å². The largest absolute Gasteiger partial charge is 0.493 e. The number of benzene rings is 3. The number of nitrogens with zero attached hydrogens (tertiary/aromatic N) is 2.